The molecule has 128 valence electrons. The number of halogens is 1. The molecule has 1 amide bonds. The zero-order chi connectivity index (χ0) is 18.0. The molecule has 3 rings (SSSR count). The first-order chi connectivity index (χ1) is 12.0. The van der Waals surface area contributed by atoms with Crippen LogP contribution in [0.1, 0.15) is 29.9 Å². The van der Waals surface area contributed by atoms with Gasteiger partial charge in [-0.1, -0.05) is 30.3 Å². The average Bonchev–Trinajstić information content (AvgIpc) is 2.93. The third kappa shape index (κ3) is 3.48. The Morgan fingerprint density at radius 3 is 2.28 bits per heavy atom. The van der Waals surface area contributed by atoms with Crippen molar-refractivity contribution in [2.45, 2.75) is 26.8 Å². The predicted octanol–water partition coefficient (Wildman–Crippen LogP) is 4.73. The monoisotopic (exact) mass is 336 g/mol. The molecule has 0 saturated carbocycles. The maximum Gasteiger partial charge on any atom is 0.253 e. The van der Waals surface area contributed by atoms with Crippen molar-refractivity contribution < 1.29 is 9.18 Å². The van der Waals surface area contributed by atoms with Crippen LogP contribution >= 0.6 is 0 Å². The number of carbonyl (C=O) groups is 1. The fraction of sp³-hybridized carbons (Fsp3) is 0.190. The second-order valence-electron chi connectivity index (χ2n) is 6.33. The van der Waals surface area contributed by atoms with E-state index in [-0.39, 0.29) is 17.8 Å². The maximum atomic E-state index is 13.3. The molecule has 0 atom stereocenters. The van der Waals surface area contributed by atoms with Crippen molar-refractivity contribution >= 4 is 5.91 Å². The zero-order valence-corrected chi connectivity index (χ0v) is 14.6. The van der Waals surface area contributed by atoms with Crippen LogP contribution in [0.5, 0.6) is 0 Å². The molecule has 1 heterocycles. The lowest BCUT2D eigenvalue weighted by Crippen LogP contribution is -2.30. The molecule has 25 heavy (non-hydrogen) atoms. The van der Waals surface area contributed by atoms with Crippen LogP contribution in [0.4, 0.5) is 4.39 Å². The highest BCUT2D eigenvalue weighted by Crippen LogP contribution is 2.29. The summed E-state index contributed by atoms with van der Waals surface area (Å²) in [4.78, 5) is 12.6. The Morgan fingerprint density at radius 2 is 1.68 bits per heavy atom. The van der Waals surface area contributed by atoms with E-state index < -0.39 is 0 Å². The zero-order valence-electron chi connectivity index (χ0n) is 14.6. The van der Waals surface area contributed by atoms with E-state index in [9.17, 15) is 9.18 Å². The molecule has 0 bridgehead atoms. The normalized spacial score (nSPS) is 10.9. The van der Waals surface area contributed by atoms with Crippen LogP contribution in [0, 0.1) is 12.7 Å². The van der Waals surface area contributed by atoms with Gasteiger partial charge in [-0.25, -0.2) is 4.39 Å². The summed E-state index contributed by atoms with van der Waals surface area (Å²) in [5, 5.41) is 2.94. The third-order valence-electron chi connectivity index (χ3n) is 4.07. The van der Waals surface area contributed by atoms with Crippen LogP contribution in [-0.4, -0.2) is 16.5 Å². The van der Waals surface area contributed by atoms with Crippen molar-refractivity contribution in [2.75, 3.05) is 0 Å². The molecule has 4 heteroatoms. The Morgan fingerprint density at radius 1 is 1.04 bits per heavy atom. The van der Waals surface area contributed by atoms with E-state index in [1.807, 2.05) is 61.7 Å². The molecule has 1 N–H and O–H groups in total. The van der Waals surface area contributed by atoms with Gasteiger partial charge in [0, 0.05) is 17.4 Å². The minimum Gasteiger partial charge on any atom is -0.350 e. The fourth-order valence-corrected chi connectivity index (χ4v) is 2.92. The van der Waals surface area contributed by atoms with Crippen LogP contribution in [0.2, 0.25) is 0 Å². The lowest BCUT2D eigenvalue weighted by molar-refractivity contribution is 0.0942. The minimum absolute atomic E-state index is 0.0567. The summed E-state index contributed by atoms with van der Waals surface area (Å²) in [5.41, 5.74) is 4.17. The standard InChI is InChI=1S/C21H21FN2O/c1-14(2)23-21(25)19-13-20(16-7-5-4-6-8-16)24(15(19)3)18-11-9-17(22)10-12-18/h4-14H,1-3H3,(H,23,25). The molecule has 0 aliphatic heterocycles. The molecule has 3 nitrogen and oxygen atoms in total. The lowest BCUT2D eigenvalue weighted by atomic mass is 10.1. The molecule has 1 aromatic heterocycles. The quantitative estimate of drug-likeness (QED) is 0.734. The highest BCUT2D eigenvalue weighted by molar-refractivity contribution is 5.97. The SMILES string of the molecule is Cc1c(C(=O)NC(C)C)cc(-c2ccccc2)n1-c1ccc(F)cc1. The molecule has 0 saturated heterocycles. The van der Waals surface area contributed by atoms with Crippen LogP contribution in [0.15, 0.2) is 60.7 Å². The Hall–Kier alpha value is -2.88. The van der Waals surface area contributed by atoms with Crippen molar-refractivity contribution in [1.82, 2.24) is 9.88 Å². The first kappa shape index (κ1) is 17.0. The number of benzene rings is 2. The van der Waals surface area contributed by atoms with Crippen molar-refractivity contribution in [1.29, 1.82) is 0 Å². The van der Waals surface area contributed by atoms with E-state index in [2.05, 4.69) is 5.32 Å². The van der Waals surface area contributed by atoms with E-state index >= 15 is 0 Å². The predicted molar refractivity (Wildman–Crippen MR) is 98.5 cm³/mol. The van der Waals surface area contributed by atoms with E-state index in [0.29, 0.717) is 5.56 Å². The highest BCUT2D eigenvalue weighted by Gasteiger charge is 2.20. The molecule has 0 radical (unpaired) electrons. The summed E-state index contributed by atoms with van der Waals surface area (Å²) in [5.74, 6) is -0.391. The van der Waals surface area contributed by atoms with Crippen molar-refractivity contribution in [3.05, 3.63) is 77.7 Å². The molecular formula is C21H21FN2O. The Bertz CT molecular complexity index is 880. The Kier molecular flexibility index (Phi) is 4.70. The lowest BCUT2D eigenvalue weighted by Gasteiger charge is -2.13. The second kappa shape index (κ2) is 6.93. The number of hydrogen-bond donors (Lipinski definition) is 1. The van der Waals surface area contributed by atoms with E-state index in [1.54, 1.807) is 12.1 Å². The van der Waals surface area contributed by atoms with Crippen LogP contribution < -0.4 is 5.32 Å². The van der Waals surface area contributed by atoms with Gasteiger partial charge in [-0.2, -0.15) is 0 Å². The molecule has 0 aliphatic carbocycles. The van der Waals surface area contributed by atoms with Gasteiger partial charge in [0.05, 0.1) is 11.3 Å². The van der Waals surface area contributed by atoms with Crippen LogP contribution in [0.3, 0.4) is 0 Å². The minimum atomic E-state index is -0.285. The highest BCUT2D eigenvalue weighted by atomic mass is 19.1. The summed E-state index contributed by atoms with van der Waals surface area (Å²) < 4.78 is 15.3. The number of hydrogen-bond acceptors (Lipinski definition) is 1. The van der Waals surface area contributed by atoms with Crippen LogP contribution in [-0.2, 0) is 0 Å². The van der Waals surface area contributed by atoms with Gasteiger partial charge < -0.3 is 9.88 Å². The molecule has 0 unspecified atom stereocenters. The number of nitrogens with one attached hydrogen (secondary N) is 1. The van der Waals surface area contributed by atoms with Crippen molar-refractivity contribution in [3.8, 4) is 16.9 Å². The van der Waals surface area contributed by atoms with Gasteiger partial charge in [-0.15, -0.1) is 0 Å². The molecule has 0 spiro atoms. The second-order valence-corrected chi connectivity index (χ2v) is 6.33. The smallest absolute Gasteiger partial charge is 0.253 e. The van der Waals surface area contributed by atoms with E-state index in [1.165, 1.54) is 12.1 Å². The summed E-state index contributed by atoms with van der Waals surface area (Å²) >= 11 is 0. The molecule has 2 aromatic carbocycles. The number of aromatic nitrogens is 1. The molecule has 3 aromatic rings. The van der Waals surface area contributed by atoms with Gasteiger partial charge in [0.1, 0.15) is 5.82 Å². The number of rotatable bonds is 4. The van der Waals surface area contributed by atoms with E-state index in [0.717, 1.165) is 22.6 Å². The van der Waals surface area contributed by atoms with Gasteiger partial charge in [0.2, 0.25) is 0 Å². The van der Waals surface area contributed by atoms with Gasteiger partial charge in [-0.3, -0.25) is 4.79 Å². The largest absolute Gasteiger partial charge is 0.350 e. The summed E-state index contributed by atoms with van der Waals surface area (Å²) in [6, 6.07) is 18.1. The third-order valence-corrected chi connectivity index (χ3v) is 4.07. The first-order valence-electron chi connectivity index (χ1n) is 8.32. The topological polar surface area (TPSA) is 34.0 Å². The van der Waals surface area contributed by atoms with E-state index in [4.69, 9.17) is 0 Å². The van der Waals surface area contributed by atoms with Gasteiger partial charge >= 0.3 is 0 Å². The maximum absolute atomic E-state index is 13.3. The number of amides is 1. The summed E-state index contributed by atoms with van der Waals surface area (Å²) in [7, 11) is 0. The molecule has 0 aliphatic rings. The van der Waals surface area contributed by atoms with Gasteiger partial charge in [0.15, 0.2) is 0 Å². The average molecular weight is 336 g/mol. The van der Waals surface area contributed by atoms with Crippen LogP contribution in [0.25, 0.3) is 16.9 Å². The summed E-state index contributed by atoms with van der Waals surface area (Å²) in [6.45, 7) is 5.77. The summed E-state index contributed by atoms with van der Waals surface area (Å²) in [6.07, 6.45) is 0. The Labute approximate surface area is 147 Å². The van der Waals surface area contributed by atoms with Gasteiger partial charge in [0.25, 0.3) is 5.91 Å². The Balaban J connectivity index is 2.19. The molecular weight excluding hydrogens is 315 g/mol. The van der Waals surface area contributed by atoms with Gasteiger partial charge in [-0.05, 0) is 56.7 Å². The number of nitrogens with zero attached hydrogens (tertiary/aromatic N) is 1. The molecule has 0 fully saturated rings. The van der Waals surface area contributed by atoms with Crippen molar-refractivity contribution in [3.63, 3.8) is 0 Å². The van der Waals surface area contributed by atoms with Crippen molar-refractivity contribution in [2.24, 2.45) is 0 Å². The number of carbonyl (C=O) groups excluding carboxylic acids is 1. The fourth-order valence-electron chi connectivity index (χ4n) is 2.92. The first-order valence-corrected chi connectivity index (χ1v) is 8.32.